The van der Waals surface area contributed by atoms with Crippen LogP contribution in [-0.2, 0) is 20.2 Å². The monoisotopic (exact) mass is 232 g/mol. The molecule has 2 aromatic rings. The summed E-state index contributed by atoms with van der Waals surface area (Å²) >= 11 is 0. The van der Waals surface area contributed by atoms with Crippen molar-refractivity contribution < 1.29 is 5.11 Å². The normalized spacial score (nSPS) is 10.5. The van der Waals surface area contributed by atoms with Crippen molar-refractivity contribution in [2.24, 2.45) is 7.05 Å². The molecule has 17 heavy (non-hydrogen) atoms. The zero-order chi connectivity index (χ0) is 12.3. The first-order valence-electron chi connectivity index (χ1n) is 5.43. The molecule has 0 amide bonds. The molecule has 0 atom stereocenters. The van der Waals surface area contributed by atoms with E-state index < -0.39 is 0 Å². The fourth-order valence-corrected chi connectivity index (χ4v) is 1.68. The van der Waals surface area contributed by atoms with E-state index >= 15 is 0 Å². The molecule has 0 saturated heterocycles. The number of rotatable bonds is 4. The summed E-state index contributed by atoms with van der Waals surface area (Å²) in [6, 6.07) is 3.69. The highest BCUT2D eigenvalue weighted by atomic mass is 16.3. The molecule has 2 rings (SSSR count). The Bertz CT molecular complexity index is 495. The van der Waals surface area contributed by atoms with Crippen LogP contribution in [0.1, 0.15) is 11.1 Å². The molecule has 0 aliphatic carbocycles. The number of aliphatic hydroxyl groups is 1. The summed E-state index contributed by atoms with van der Waals surface area (Å²) in [7, 11) is 3.87. The van der Waals surface area contributed by atoms with Gasteiger partial charge in [-0.05, 0) is 17.7 Å². The number of hydrogen-bond donors (Lipinski definition) is 1. The van der Waals surface area contributed by atoms with Gasteiger partial charge in [-0.15, -0.1) is 0 Å². The summed E-state index contributed by atoms with van der Waals surface area (Å²) in [4.78, 5) is 6.30. The molecular formula is C12H16N4O. The molecule has 0 aliphatic rings. The molecule has 0 radical (unpaired) electrons. The van der Waals surface area contributed by atoms with Gasteiger partial charge in [0.25, 0.3) is 0 Å². The Morgan fingerprint density at radius 1 is 1.41 bits per heavy atom. The lowest BCUT2D eigenvalue weighted by atomic mass is 10.2. The predicted molar refractivity (Wildman–Crippen MR) is 65.5 cm³/mol. The summed E-state index contributed by atoms with van der Waals surface area (Å²) in [5.74, 6) is 0.848. The third-order valence-corrected chi connectivity index (χ3v) is 2.56. The van der Waals surface area contributed by atoms with Gasteiger partial charge in [0.2, 0.25) is 0 Å². The number of hydrogen-bond acceptors (Lipinski definition) is 4. The first-order valence-corrected chi connectivity index (χ1v) is 5.43. The van der Waals surface area contributed by atoms with E-state index in [2.05, 4.69) is 10.1 Å². The molecular weight excluding hydrogens is 216 g/mol. The van der Waals surface area contributed by atoms with E-state index in [1.165, 1.54) is 0 Å². The molecule has 5 nitrogen and oxygen atoms in total. The quantitative estimate of drug-likeness (QED) is 0.852. The van der Waals surface area contributed by atoms with Gasteiger partial charge in [-0.3, -0.25) is 4.68 Å². The maximum atomic E-state index is 9.08. The molecule has 0 aliphatic heterocycles. The third kappa shape index (κ3) is 2.82. The van der Waals surface area contributed by atoms with E-state index in [0.717, 1.165) is 23.5 Å². The van der Waals surface area contributed by atoms with E-state index in [9.17, 15) is 0 Å². The molecule has 0 aromatic carbocycles. The van der Waals surface area contributed by atoms with Crippen LogP contribution in [0.15, 0.2) is 30.7 Å². The van der Waals surface area contributed by atoms with Gasteiger partial charge in [0.05, 0.1) is 12.8 Å². The predicted octanol–water partition coefficient (Wildman–Crippen LogP) is 0.944. The molecule has 0 saturated carbocycles. The first-order chi connectivity index (χ1) is 8.19. The van der Waals surface area contributed by atoms with Crippen LogP contribution in [0.2, 0.25) is 0 Å². The van der Waals surface area contributed by atoms with E-state index in [4.69, 9.17) is 5.11 Å². The topological polar surface area (TPSA) is 54.2 Å². The van der Waals surface area contributed by atoms with Crippen LogP contribution in [-0.4, -0.2) is 26.9 Å². The molecule has 5 heteroatoms. The van der Waals surface area contributed by atoms with Crippen LogP contribution in [0.5, 0.6) is 0 Å². The summed E-state index contributed by atoms with van der Waals surface area (Å²) < 4.78 is 1.78. The second kappa shape index (κ2) is 4.97. The van der Waals surface area contributed by atoms with Crippen molar-refractivity contribution >= 4 is 5.82 Å². The van der Waals surface area contributed by atoms with Gasteiger partial charge < -0.3 is 10.0 Å². The van der Waals surface area contributed by atoms with E-state index in [0.29, 0.717) is 0 Å². The smallest absolute Gasteiger partial charge is 0.128 e. The van der Waals surface area contributed by atoms with Gasteiger partial charge in [0.15, 0.2) is 0 Å². The second-order valence-electron chi connectivity index (χ2n) is 4.06. The van der Waals surface area contributed by atoms with Crippen molar-refractivity contribution in [1.29, 1.82) is 0 Å². The van der Waals surface area contributed by atoms with Crippen LogP contribution in [0, 0.1) is 0 Å². The number of aromatic nitrogens is 3. The first kappa shape index (κ1) is 11.6. The molecule has 2 aromatic heterocycles. The van der Waals surface area contributed by atoms with Gasteiger partial charge in [-0.1, -0.05) is 0 Å². The van der Waals surface area contributed by atoms with Crippen LogP contribution in [0.4, 0.5) is 5.82 Å². The van der Waals surface area contributed by atoms with Crippen molar-refractivity contribution in [3.63, 3.8) is 0 Å². The highest BCUT2D eigenvalue weighted by Crippen LogP contribution is 2.13. The minimum absolute atomic E-state index is 0.0379. The molecule has 90 valence electrons. The van der Waals surface area contributed by atoms with Gasteiger partial charge in [0, 0.05) is 38.6 Å². The van der Waals surface area contributed by atoms with E-state index in [1.807, 2.05) is 37.5 Å². The zero-order valence-electron chi connectivity index (χ0n) is 10.0. The highest BCUT2D eigenvalue weighted by molar-refractivity contribution is 5.40. The summed E-state index contributed by atoms with van der Waals surface area (Å²) in [5, 5.41) is 13.2. The summed E-state index contributed by atoms with van der Waals surface area (Å²) in [6.07, 6.45) is 5.53. The fraction of sp³-hybridized carbons (Fsp3) is 0.333. The highest BCUT2D eigenvalue weighted by Gasteiger charge is 2.05. The molecule has 0 fully saturated rings. The maximum absolute atomic E-state index is 9.08. The van der Waals surface area contributed by atoms with Gasteiger partial charge >= 0.3 is 0 Å². The Kier molecular flexibility index (Phi) is 3.39. The Labute approximate surface area is 100 Å². The number of aliphatic hydroxyl groups excluding tert-OH is 1. The van der Waals surface area contributed by atoms with E-state index in [1.54, 1.807) is 16.9 Å². The summed E-state index contributed by atoms with van der Waals surface area (Å²) in [5.41, 5.74) is 2.00. The zero-order valence-corrected chi connectivity index (χ0v) is 10.0. The van der Waals surface area contributed by atoms with Crippen LogP contribution >= 0.6 is 0 Å². The third-order valence-electron chi connectivity index (χ3n) is 2.56. The SMILES string of the molecule is CN(Cc1cnn(C)c1)c1cc(CO)ccn1. The molecule has 0 spiro atoms. The molecule has 1 N–H and O–H groups in total. The maximum Gasteiger partial charge on any atom is 0.128 e. The Hall–Kier alpha value is -1.88. The summed E-state index contributed by atoms with van der Waals surface area (Å²) in [6.45, 7) is 0.784. The van der Waals surface area contributed by atoms with Crippen LogP contribution in [0.3, 0.4) is 0 Å². The molecule has 0 bridgehead atoms. The van der Waals surface area contributed by atoms with Crippen LogP contribution in [0.25, 0.3) is 0 Å². The van der Waals surface area contributed by atoms with Crippen LogP contribution < -0.4 is 4.90 Å². The van der Waals surface area contributed by atoms with Crippen molar-refractivity contribution in [3.05, 3.63) is 41.9 Å². The Balaban J connectivity index is 2.11. The molecule has 0 unspecified atom stereocenters. The van der Waals surface area contributed by atoms with Gasteiger partial charge in [-0.25, -0.2) is 4.98 Å². The Morgan fingerprint density at radius 2 is 2.24 bits per heavy atom. The van der Waals surface area contributed by atoms with E-state index in [-0.39, 0.29) is 6.61 Å². The fourth-order valence-electron chi connectivity index (χ4n) is 1.68. The lowest BCUT2D eigenvalue weighted by Crippen LogP contribution is -2.17. The number of anilines is 1. The lowest BCUT2D eigenvalue weighted by molar-refractivity contribution is 0.281. The lowest BCUT2D eigenvalue weighted by Gasteiger charge is -2.17. The van der Waals surface area contributed by atoms with Crippen molar-refractivity contribution in [2.75, 3.05) is 11.9 Å². The number of aryl methyl sites for hydroxylation is 1. The largest absolute Gasteiger partial charge is 0.392 e. The second-order valence-corrected chi connectivity index (χ2v) is 4.06. The number of nitrogens with zero attached hydrogens (tertiary/aromatic N) is 4. The van der Waals surface area contributed by atoms with Gasteiger partial charge in [0.1, 0.15) is 5.82 Å². The standard InChI is InChI=1S/C12H16N4O/c1-15(7-11-6-14-16(2)8-11)12-5-10(9-17)3-4-13-12/h3-6,8,17H,7,9H2,1-2H3. The number of pyridine rings is 1. The van der Waals surface area contributed by atoms with Crippen molar-refractivity contribution in [1.82, 2.24) is 14.8 Å². The van der Waals surface area contributed by atoms with Crippen molar-refractivity contribution in [2.45, 2.75) is 13.2 Å². The van der Waals surface area contributed by atoms with Gasteiger partial charge in [-0.2, -0.15) is 5.10 Å². The minimum Gasteiger partial charge on any atom is -0.392 e. The molecule has 2 heterocycles. The Morgan fingerprint density at radius 3 is 2.88 bits per heavy atom. The average Bonchev–Trinajstić information content (AvgIpc) is 2.75. The van der Waals surface area contributed by atoms with Crippen molar-refractivity contribution in [3.8, 4) is 0 Å². The minimum atomic E-state index is 0.0379. The average molecular weight is 232 g/mol.